The Morgan fingerprint density at radius 3 is 2.67 bits per heavy atom. The predicted molar refractivity (Wildman–Crippen MR) is 84.8 cm³/mol. The number of aryl methyl sites for hydroxylation is 2. The first-order valence-electron chi connectivity index (χ1n) is 6.58. The molecular formula is C14H19N3O2S2. The third-order valence-electron chi connectivity index (χ3n) is 2.95. The number of hydrogen-bond donors (Lipinski definition) is 2. The van der Waals surface area contributed by atoms with Gasteiger partial charge in [-0.05, 0) is 39.1 Å². The van der Waals surface area contributed by atoms with E-state index < -0.39 is 10.0 Å². The van der Waals surface area contributed by atoms with Crippen molar-refractivity contribution in [2.24, 2.45) is 0 Å². The third-order valence-corrected chi connectivity index (χ3v) is 5.66. The predicted octanol–water partition coefficient (Wildman–Crippen LogP) is 1.96. The van der Waals surface area contributed by atoms with E-state index in [9.17, 15) is 8.42 Å². The maximum absolute atomic E-state index is 12.4. The molecule has 0 aliphatic heterocycles. The number of aromatic nitrogens is 1. The fourth-order valence-corrected chi connectivity index (χ4v) is 4.64. The highest BCUT2D eigenvalue weighted by Gasteiger charge is 2.19. The maximum Gasteiger partial charge on any atom is 0.242 e. The van der Waals surface area contributed by atoms with Gasteiger partial charge >= 0.3 is 0 Å². The Kier molecular flexibility index (Phi) is 5.10. The van der Waals surface area contributed by atoms with Crippen LogP contribution in [0.3, 0.4) is 0 Å². The third kappa shape index (κ3) is 4.10. The Bertz CT molecular complexity index is 724. The van der Waals surface area contributed by atoms with Gasteiger partial charge in [-0.1, -0.05) is 6.07 Å². The zero-order chi connectivity index (χ0) is 15.5. The highest BCUT2D eigenvalue weighted by molar-refractivity contribution is 7.89. The second kappa shape index (κ2) is 6.65. The van der Waals surface area contributed by atoms with E-state index in [0.717, 1.165) is 15.4 Å². The SMILES string of the molecule is CNCc1cc(S(=O)(=O)NCc2cccc(C)n2)c(C)s1. The Morgan fingerprint density at radius 2 is 2.00 bits per heavy atom. The molecule has 0 aromatic carbocycles. The van der Waals surface area contributed by atoms with Gasteiger partial charge in [-0.3, -0.25) is 4.98 Å². The van der Waals surface area contributed by atoms with Crippen LogP contribution < -0.4 is 10.0 Å². The Labute approximate surface area is 129 Å². The number of sulfonamides is 1. The van der Waals surface area contributed by atoms with Gasteiger partial charge in [0.15, 0.2) is 0 Å². The summed E-state index contributed by atoms with van der Waals surface area (Å²) in [5.41, 5.74) is 1.58. The second-order valence-corrected chi connectivity index (χ2v) is 7.83. The number of pyridine rings is 1. The summed E-state index contributed by atoms with van der Waals surface area (Å²) in [6.45, 7) is 4.56. The molecular weight excluding hydrogens is 306 g/mol. The number of nitrogens with zero attached hydrogens (tertiary/aromatic N) is 1. The number of thiophene rings is 1. The van der Waals surface area contributed by atoms with Crippen molar-refractivity contribution in [3.63, 3.8) is 0 Å². The fraction of sp³-hybridized carbons (Fsp3) is 0.357. The molecule has 114 valence electrons. The first kappa shape index (κ1) is 16.1. The molecule has 0 bridgehead atoms. The van der Waals surface area contributed by atoms with E-state index in [0.29, 0.717) is 17.1 Å². The van der Waals surface area contributed by atoms with Gasteiger partial charge in [0.2, 0.25) is 10.0 Å². The highest BCUT2D eigenvalue weighted by Crippen LogP contribution is 2.25. The van der Waals surface area contributed by atoms with Crippen molar-refractivity contribution in [2.45, 2.75) is 31.8 Å². The number of hydrogen-bond acceptors (Lipinski definition) is 5. The topological polar surface area (TPSA) is 71.1 Å². The van der Waals surface area contributed by atoms with Crippen molar-refractivity contribution in [1.82, 2.24) is 15.0 Å². The molecule has 0 atom stereocenters. The van der Waals surface area contributed by atoms with E-state index in [-0.39, 0.29) is 6.54 Å². The van der Waals surface area contributed by atoms with E-state index in [1.807, 2.05) is 39.1 Å². The lowest BCUT2D eigenvalue weighted by Crippen LogP contribution is -2.24. The molecule has 2 aromatic rings. The van der Waals surface area contributed by atoms with Crippen LogP contribution in [0.1, 0.15) is 21.1 Å². The van der Waals surface area contributed by atoms with Gasteiger partial charge < -0.3 is 5.32 Å². The van der Waals surface area contributed by atoms with Gasteiger partial charge in [-0.25, -0.2) is 13.1 Å². The minimum atomic E-state index is -3.51. The lowest BCUT2D eigenvalue weighted by atomic mass is 10.3. The molecule has 2 N–H and O–H groups in total. The number of rotatable bonds is 6. The molecule has 0 amide bonds. The van der Waals surface area contributed by atoms with E-state index in [1.165, 1.54) is 11.3 Å². The highest BCUT2D eigenvalue weighted by atomic mass is 32.2. The summed E-state index contributed by atoms with van der Waals surface area (Å²) in [5.74, 6) is 0. The lowest BCUT2D eigenvalue weighted by Gasteiger charge is -2.06. The van der Waals surface area contributed by atoms with E-state index in [1.54, 1.807) is 6.07 Å². The molecule has 0 saturated carbocycles. The molecule has 2 aromatic heterocycles. The zero-order valence-electron chi connectivity index (χ0n) is 12.3. The lowest BCUT2D eigenvalue weighted by molar-refractivity contribution is 0.580. The largest absolute Gasteiger partial charge is 0.315 e. The van der Waals surface area contributed by atoms with Crippen LogP contribution >= 0.6 is 11.3 Å². The zero-order valence-corrected chi connectivity index (χ0v) is 13.9. The molecule has 5 nitrogen and oxygen atoms in total. The molecule has 0 unspecified atom stereocenters. The van der Waals surface area contributed by atoms with Gasteiger partial charge in [0.05, 0.1) is 17.1 Å². The van der Waals surface area contributed by atoms with E-state index in [2.05, 4.69) is 15.0 Å². The van der Waals surface area contributed by atoms with Crippen molar-refractivity contribution in [3.8, 4) is 0 Å². The molecule has 2 rings (SSSR count). The molecule has 2 heterocycles. The molecule has 21 heavy (non-hydrogen) atoms. The first-order chi connectivity index (χ1) is 9.92. The molecule has 0 aliphatic carbocycles. The van der Waals surface area contributed by atoms with Gasteiger partial charge in [0.25, 0.3) is 0 Å². The summed E-state index contributed by atoms with van der Waals surface area (Å²) in [6, 6.07) is 7.28. The summed E-state index contributed by atoms with van der Waals surface area (Å²) in [7, 11) is -1.67. The van der Waals surface area contributed by atoms with Crippen LogP contribution in [0, 0.1) is 13.8 Å². The quantitative estimate of drug-likeness (QED) is 0.852. The summed E-state index contributed by atoms with van der Waals surface area (Å²) in [6.07, 6.45) is 0. The number of nitrogens with one attached hydrogen (secondary N) is 2. The maximum atomic E-state index is 12.4. The molecule has 0 radical (unpaired) electrons. The van der Waals surface area contributed by atoms with Gasteiger partial charge in [0, 0.05) is 22.0 Å². The Morgan fingerprint density at radius 1 is 1.24 bits per heavy atom. The average molecular weight is 325 g/mol. The molecule has 7 heteroatoms. The second-order valence-electron chi connectivity index (χ2n) is 4.76. The monoisotopic (exact) mass is 325 g/mol. The smallest absolute Gasteiger partial charge is 0.242 e. The standard InChI is InChI=1S/C14H19N3O2S2/c1-10-5-4-6-12(17-10)8-16-21(18,19)14-7-13(9-15-3)20-11(14)2/h4-7,15-16H,8-9H2,1-3H3. The van der Waals surface area contributed by atoms with Crippen molar-refractivity contribution in [3.05, 3.63) is 45.4 Å². The van der Waals surface area contributed by atoms with Gasteiger partial charge in [-0.2, -0.15) is 0 Å². The molecule has 0 fully saturated rings. The first-order valence-corrected chi connectivity index (χ1v) is 8.88. The summed E-state index contributed by atoms with van der Waals surface area (Å²) < 4.78 is 27.4. The normalized spacial score (nSPS) is 11.8. The minimum absolute atomic E-state index is 0.195. The Hall–Kier alpha value is -1.28. The summed E-state index contributed by atoms with van der Waals surface area (Å²) in [5, 5.41) is 3.03. The van der Waals surface area contributed by atoms with Crippen molar-refractivity contribution < 1.29 is 8.42 Å². The van der Waals surface area contributed by atoms with Crippen molar-refractivity contribution >= 4 is 21.4 Å². The Balaban J connectivity index is 2.15. The average Bonchev–Trinajstić information content (AvgIpc) is 2.79. The van der Waals surface area contributed by atoms with Crippen LogP contribution in [0.4, 0.5) is 0 Å². The summed E-state index contributed by atoms with van der Waals surface area (Å²) in [4.78, 5) is 6.44. The van der Waals surface area contributed by atoms with Crippen LogP contribution in [0.2, 0.25) is 0 Å². The minimum Gasteiger partial charge on any atom is -0.315 e. The summed E-state index contributed by atoms with van der Waals surface area (Å²) >= 11 is 1.49. The molecule has 0 saturated heterocycles. The van der Waals surface area contributed by atoms with E-state index >= 15 is 0 Å². The van der Waals surface area contributed by atoms with Crippen LogP contribution in [0.5, 0.6) is 0 Å². The molecule has 0 aliphatic rings. The van der Waals surface area contributed by atoms with Gasteiger partial charge in [-0.15, -0.1) is 11.3 Å². The van der Waals surface area contributed by atoms with Crippen LogP contribution in [0.25, 0.3) is 0 Å². The van der Waals surface area contributed by atoms with Crippen LogP contribution in [-0.4, -0.2) is 20.4 Å². The van der Waals surface area contributed by atoms with Gasteiger partial charge in [0.1, 0.15) is 0 Å². The van der Waals surface area contributed by atoms with Crippen LogP contribution in [0.15, 0.2) is 29.2 Å². The van der Waals surface area contributed by atoms with E-state index in [4.69, 9.17) is 0 Å². The molecule has 0 spiro atoms. The fourth-order valence-electron chi connectivity index (χ4n) is 2.00. The van der Waals surface area contributed by atoms with Crippen LogP contribution in [-0.2, 0) is 23.1 Å². The van der Waals surface area contributed by atoms with Crippen molar-refractivity contribution in [2.75, 3.05) is 7.05 Å². The van der Waals surface area contributed by atoms with Crippen molar-refractivity contribution in [1.29, 1.82) is 0 Å².